The number of nitrogens with one attached hydrogen (secondary N) is 3. The molecule has 0 aliphatic carbocycles. The van der Waals surface area contributed by atoms with Gasteiger partial charge in [-0.2, -0.15) is 0 Å². The Bertz CT molecular complexity index is 650. The number of pyridine rings is 1. The third kappa shape index (κ3) is 2.73. The number of imidazole rings is 1. The predicted octanol–water partition coefficient (Wildman–Crippen LogP) is 0.524. The zero-order valence-electron chi connectivity index (χ0n) is 12.1. The highest BCUT2D eigenvalue weighted by atomic mass is 16.2. The molecule has 0 radical (unpaired) electrons. The van der Waals surface area contributed by atoms with E-state index in [1.165, 1.54) is 0 Å². The quantitative estimate of drug-likeness (QED) is 0.766. The van der Waals surface area contributed by atoms with Crippen LogP contribution in [-0.2, 0) is 17.8 Å². The molecule has 0 aromatic carbocycles. The summed E-state index contributed by atoms with van der Waals surface area (Å²) in [5.41, 5.74) is 2.71. The van der Waals surface area contributed by atoms with Gasteiger partial charge in [-0.05, 0) is 12.1 Å². The maximum absolute atomic E-state index is 12.4. The molecule has 3 N–H and O–H groups in total. The van der Waals surface area contributed by atoms with Gasteiger partial charge in [0.25, 0.3) is 0 Å². The van der Waals surface area contributed by atoms with Crippen molar-refractivity contribution in [2.75, 3.05) is 24.3 Å². The molecule has 2 aromatic rings. The highest BCUT2D eigenvalue weighted by Gasteiger charge is 2.26. The highest BCUT2D eigenvalue weighted by molar-refractivity contribution is 5.97. The molecule has 0 fully saturated rings. The van der Waals surface area contributed by atoms with Crippen LogP contribution in [-0.4, -0.2) is 41.0 Å². The van der Waals surface area contributed by atoms with Crippen molar-refractivity contribution in [1.29, 1.82) is 0 Å². The molecular weight excluding hydrogens is 268 g/mol. The number of aromatic nitrogens is 3. The molecule has 1 atom stereocenters. The van der Waals surface area contributed by atoms with E-state index in [0.717, 1.165) is 17.2 Å². The van der Waals surface area contributed by atoms with Gasteiger partial charge in [0.15, 0.2) is 5.82 Å². The fourth-order valence-corrected chi connectivity index (χ4v) is 2.43. The molecule has 1 unspecified atom stereocenters. The first-order valence-electron chi connectivity index (χ1n) is 6.83. The van der Waals surface area contributed by atoms with Crippen LogP contribution in [0, 0.1) is 0 Å². The lowest BCUT2D eigenvalue weighted by Gasteiger charge is -2.23. The second kappa shape index (κ2) is 5.53. The van der Waals surface area contributed by atoms with E-state index in [-0.39, 0.29) is 11.9 Å². The number of rotatable bonds is 3. The molecule has 1 aliphatic rings. The van der Waals surface area contributed by atoms with Gasteiger partial charge in [-0.15, -0.1) is 0 Å². The molecule has 21 heavy (non-hydrogen) atoms. The average molecular weight is 286 g/mol. The minimum absolute atomic E-state index is 0.0697. The fourth-order valence-electron chi connectivity index (χ4n) is 2.43. The molecule has 0 saturated carbocycles. The van der Waals surface area contributed by atoms with Crippen LogP contribution in [0.25, 0.3) is 0 Å². The van der Waals surface area contributed by atoms with E-state index in [1.807, 2.05) is 31.1 Å². The predicted molar refractivity (Wildman–Crippen MR) is 80.1 cm³/mol. The largest absolute Gasteiger partial charge is 0.361 e. The Hall–Kier alpha value is -2.41. The van der Waals surface area contributed by atoms with Gasteiger partial charge >= 0.3 is 0 Å². The molecule has 110 valence electrons. The monoisotopic (exact) mass is 286 g/mol. The van der Waals surface area contributed by atoms with Crippen molar-refractivity contribution in [2.45, 2.75) is 19.0 Å². The third-order valence-electron chi connectivity index (χ3n) is 3.51. The molecule has 7 heteroatoms. The van der Waals surface area contributed by atoms with Crippen molar-refractivity contribution in [1.82, 2.24) is 20.3 Å². The molecule has 1 aliphatic heterocycles. The van der Waals surface area contributed by atoms with Crippen LogP contribution < -0.4 is 15.5 Å². The molecule has 0 spiro atoms. The van der Waals surface area contributed by atoms with E-state index in [9.17, 15) is 4.79 Å². The van der Waals surface area contributed by atoms with E-state index >= 15 is 0 Å². The van der Waals surface area contributed by atoms with Crippen LogP contribution in [0.3, 0.4) is 0 Å². The van der Waals surface area contributed by atoms with Gasteiger partial charge in [0.05, 0.1) is 29.4 Å². The minimum Gasteiger partial charge on any atom is -0.361 e. The number of hydrogen-bond acceptors (Lipinski definition) is 5. The number of aromatic amines is 1. The van der Waals surface area contributed by atoms with E-state index < -0.39 is 0 Å². The lowest BCUT2D eigenvalue weighted by atomic mass is 10.0. The minimum atomic E-state index is -0.281. The normalized spacial score (nSPS) is 17.1. The van der Waals surface area contributed by atoms with Gasteiger partial charge in [0.1, 0.15) is 0 Å². The zero-order chi connectivity index (χ0) is 14.8. The molecule has 7 nitrogen and oxygen atoms in total. The molecule has 3 rings (SSSR count). The van der Waals surface area contributed by atoms with Crippen LogP contribution >= 0.6 is 0 Å². The third-order valence-corrected chi connectivity index (χ3v) is 3.51. The SMILES string of the molecule is CN(C)c1ncccc1NC(=O)C1Cc2nc[nH]c2CN1. The molecule has 2 aromatic heterocycles. The van der Waals surface area contributed by atoms with Crippen molar-refractivity contribution < 1.29 is 4.79 Å². The first kappa shape index (κ1) is 13.6. The van der Waals surface area contributed by atoms with E-state index in [0.29, 0.717) is 18.7 Å². The number of anilines is 2. The van der Waals surface area contributed by atoms with Gasteiger partial charge < -0.3 is 15.2 Å². The molecule has 0 bridgehead atoms. The Morgan fingerprint density at radius 2 is 2.29 bits per heavy atom. The number of H-pyrrole nitrogens is 1. The summed E-state index contributed by atoms with van der Waals surface area (Å²) >= 11 is 0. The van der Waals surface area contributed by atoms with Gasteiger partial charge in [-0.3, -0.25) is 10.1 Å². The number of carbonyl (C=O) groups excluding carboxylic acids is 1. The van der Waals surface area contributed by atoms with Crippen LogP contribution in [0.4, 0.5) is 11.5 Å². The summed E-state index contributed by atoms with van der Waals surface area (Å²) in [6.45, 7) is 0.626. The number of amides is 1. The zero-order valence-corrected chi connectivity index (χ0v) is 12.1. The maximum Gasteiger partial charge on any atom is 0.242 e. The standard InChI is InChI=1S/C14H18N6O/c1-20(2)13-9(4-3-5-15-13)19-14(21)11-6-10-12(7-16-11)18-8-17-10/h3-5,8,11,16H,6-7H2,1-2H3,(H,17,18)(H,19,21). The Labute approximate surface area is 122 Å². The van der Waals surface area contributed by atoms with E-state index in [4.69, 9.17) is 0 Å². The van der Waals surface area contributed by atoms with Gasteiger partial charge in [-0.1, -0.05) is 0 Å². The van der Waals surface area contributed by atoms with Crippen LogP contribution in [0.5, 0.6) is 0 Å². The Morgan fingerprint density at radius 1 is 1.43 bits per heavy atom. The number of carbonyl (C=O) groups is 1. The fraction of sp³-hybridized carbons (Fsp3) is 0.357. The number of fused-ring (bicyclic) bond motifs is 1. The first-order chi connectivity index (χ1) is 10.1. The Kier molecular flexibility index (Phi) is 3.57. The average Bonchev–Trinajstić information content (AvgIpc) is 2.94. The summed E-state index contributed by atoms with van der Waals surface area (Å²) in [6.07, 6.45) is 3.96. The van der Waals surface area contributed by atoms with E-state index in [1.54, 1.807) is 12.5 Å². The van der Waals surface area contributed by atoms with Crippen LogP contribution in [0.2, 0.25) is 0 Å². The van der Waals surface area contributed by atoms with Crippen molar-refractivity contribution in [3.8, 4) is 0 Å². The Balaban J connectivity index is 1.73. The summed E-state index contributed by atoms with van der Waals surface area (Å²) in [5.74, 6) is 0.668. The second-order valence-corrected chi connectivity index (χ2v) is 5.22. The van der Waals surface area contributed by atoms with Crippen molar-refractivity contribution >= 4 is 17.4 Å². The van der Waals surface area contributed by atoms with Crippen molar-refractivity contribution in [2.24, 2.45) is 0 Å². The summed E-state index contributed by atoms with van der Waals surface area (Å²) in [7, 11) is 3.79. The topological polar surface area (TPSA) is 85.9 Å². The lowest BCUT2D eigenvalue weighted by molar-refractivity contribution is -0.118. The first-order valence-corrected chi connectivity index (χ1v) is 6.83. The van der Waals surface area contributed by atoms with Crippen molar-refractivity contribution in [3.63, 3.8) is 0 Å². The number of hydrogen-bond donors (Lipinski definition) is 3. The highest BCUT2D eigenvalue weighted by Crippen LogP contribution is 2.21. The second-order valence-electron chi connectivity index (χ2n) is 5.22. The lowest BCUT2D eigenvalue weighted by Crippen LogP contribution is -2.45. The summed E-state index contributed by atoms with van der Waals surface area (Å²) in [6, 6.07) is 3.38. The number of nitrogens with zero attached hydrogens (tertiary/aromatic N) is 3. The van der Waals surface area contributed by atoms with Gasteiger partial charge in [0, 0.05) is 33.3 Å². The Morgan fingerprint density at radius 3 is 3.10 bits per heavy atom. The summed E-state index contributed by atoms with van der Waals surface area (Å²) in [5, 5.41) is 6.15. The summed E-state index contributed by atoms with van der Waals surface area (Å²) < 4.78 is 0. The smallest absolute Gasteiger partial charge is 0.242 e. The van der Waals surface area contributed by atoms with Gasteiger partial charge in [-0.25, -0.2) is 9.97 Å². The van der Waals surface area contributed by atoms with Crippen LogP contribution in [0.1, 0.15) is 11.4 Å². The molecular formula is C14H18N6O. The molecule has 0 saturated heterocycles. The molecule has 1 amide bonds. The van der Waals surface area contributed by atoms with E-state index in [2.05, 4.69) is 25.6 Å². The maximum atomic E-state index is 12.4. The van der Waals surface area contributed by atoms with Gasteiger partial charge in [0.2, 0.25) is 5.91 Å². The van der Waals surface area contributed by atoms with Crippen molar-refractivity contribution in [3.05, 3.63) is 36.0 Å². The van der Waals surface area contributed by atoms with Crippen LogP contribution in [0.15, 0.2) is 24.7 Å². The summed E-state index contributed by atoms with van der Waals surface area (Å²) in [4.78, 5) is 25.9. The molecule has 3 heterocycles.